The number of rotatable bonds is 3. The van der Waals surface area contributed by atoms with E-state index in [1.54, 1.807) is 16.8 Å². The summed E-state index contributed by atoms with van der Waals surface area (Å²) in [6.07, 6.45) is 1.64. The predicted molar refractivity (Wildman–Crippen MR) is 106 cm³/mol. The lowest BCUT2D eigenvalue weighted by Crippen LogP contribution is -1.97. The highest BCUT2D eigenvalue weighted by molar-refractivity contribution is 7.99. The molecule has 0 radical (unpaired) electrons. The number of halogens is 1. The zero-order valence-corrected chi connectivity index (χ0v) is 15.3. The maximum Gasteiger partial charge on any atom is 0.217 e. The van der Waals surface area contributed by atoms with Crippen LogP contribution in [0.3, 0.4) is 0 Å². The SMILES string of the molecule is Nc1cccc(-c2ccc3nnc(Sc4cc5cccnc5cc4F)n3n2)c1. The Balaban J connectivity index is 1.58. The van der Waals surface area contributed by atoms with E-state index in [0.717, 1.165) is 16.6 Å². The fourth-order valence-electron chi connectivity index (χ4n) is 2.94. The van der Waals surface area contributed by atoms with Crippen molar-refractivity contribution in [2.24, 2.45) is 0 Å². The maximum absolute atomic E-state index is 14.5. The molecule has 6 nitrogen and oxygen atoms in total. The van der Waals surface area contributed by atoms with Gasteiger partial charge in [0.25, 0.3) is 0 Å². The van der Waals surface area contributed by atoms with E-state index in [4.69, 9.17) is 5.73 Å². The second kappa shape index (κ2) is 6.58. The molecule has 0 bridgehead atoms. The summed E-state index contributed by atoms with van der Waals surface area (Å²) in [5.41, 5.74) is 9.33. The lowest BCUT2D eigenvalue weighted by atomic mass is 10.1. The minimum absolute atomic E-state index is 0.361. The third kappa shape index (κ3) is 2.93. The zero-order chi connectivity index (χ0) is 19.1. The Bertz CT molecular complexity index is 1330. The molecular formula is C20H13FN6S. The van der Waals surface area contributed by atoms with Gasteiger partial charge in [0.2, 0.25) is 5.16 Å². The molecule has 136 valence electrons. The van der Waals surface area contributed by atoms with E-state index in [9.17, 15) is 4.39 Å². The van der Waals surface area contributed by atoms with Crippen LogP contribution in [0.4, 0.5) is 10.1 Å². The van der Waals surface area contributed by atoms with Crippen molar-refractivity contribution < 1.29 is 4.39 Å². The van der Waals surface area contributed by atoms with Crippen LogP contribution >= 0.6 is 11.8 Å². The van der Waals surface area contributed by atoms with Crippen LogP contribution in [0.5, 0.6) is 0 Å². The van der Waals surface area contributed by atoms with Crippen LogP contribution in [0.2, 0.25) is 0 Å². The monoisotopic (exact) mass is 388 g/mol. The first-order valence-electron chi connectivity index (χ1n) is 8.48. The van der Waals surface area contributed by atoms with E-state index in [1.807, 2.05) is 48.5 Å². The molecule has 2 aromatic carbocycles. The van der Waals surface area contributed by atoms with Crippen molar-refractivity contribution in [3.8, 4) is 11.3 Å². The van der Waals surface area contributed by atoms with Crippen molar-refractivity contribution in [2.45, 2.75) is 10.1 Å². The fraction of sp³-hybridized carbons (Fsp3) is 0. The van der Waals surface area contributed by atoms with Crippen molar-refractivity contribution in [1.29, 1.82) is 0 Å². The summed E-state index contributed by atoms with van der Waals surface area (Å²) in [7, 11) is 0. The summed E-state index contributed by atoms with van der Waals surface area (Å²) in [4.78, 5) is 4.61. The third-order valence-corrected chi connectivity index (χ3v) is 5.24. The lowest BCUT2D eigenvalue weighted by Gasteiger charge is -2.05. The molecule has 0 unspecified atom stereocenters. The second-order valence-electron chi connectivity index (χ2n) is 6.18. The largest absolute Gasteiger partial charge is 0.399 e. The number of pyridine rings is 1. The third-order valence-electron chi connectivity index (χ3n) is 4.27. The van der Waals surface area contributed by atoms with Crippen LogP contribution in [0.25, 0.3) is 27.8 Å². The van der Waals surface area contributed by atoms with Gasteiger partial charge in [0.05, 0.1) is 16.1 Å². The predicted octanol–water partition coefficient (Wildman–Crippen LogP) is 4.21. The maximum atomic E-state index is 14.5. The van der Waals surface area contributed by atoms with Gasteiger partial charge in [-0.15, -0.1) is 10.2 Å². The number of aromatic nitrogens is 5. The fourth-order valence-corrected chi connectivity index (χ4v) is 3.78. The van der Waals surface area contributed by atoms with Crippen LogP contribution in [0, 0.1) is 5.82 Å². The molecule has 0 aliphatic heterocycles. The van der Waals surface area contributed by atoms with Crippen molar-refractivity contribution in [2.75, 3.05) is 5.73 Å². The average molecular weight is 388 g/mol. The minimum Gasteiger partial charge on any atom is -0.399 e. The molecule has 5 aromatic rings. The Morgan fingerprint density at radius 3 is 2.79 bits per heavy atom. The first kappa shape index (κ1) is 16.6. The average Bonchev–Trinajstić information content (AvgIpc) is 3.10. The molecule has 2 N–H and O–H groups in total. The van der Waals surface area contributed by atoms with Gasteiger partial charge in [-0.25, -0.2) is 4.39 Å². The number of hydrogen-bond donors (Lipinski definition) is 1. The first-order valence-corrected chi connectivity index (χ1v) is 9.29. The van der Waals surface area contributed by atoms with Gasteiger partial charge < -0.3 is 5.73 Å². The normalized spacial score (nSPS) is 11.3. The number of nitrogens with two attached hydrogens (primary N) is 1. The Morgan fingerprint density at radius 2 is 1.89 bits per heavy atom. The van der Waals surface area contributed by atoms with Crippen LogP contribution in [-0.2, 0) is 0 Å². The number of nitrogens with zero attached hydrogens (tertiary/aromatic N) is 5. The highest BCUT2D eigenvalue weighted by Crippen LogP contribution is 2.31. The molecule has 0 saturated heterocycles. The summed E-state index contributed by atoms with van der Waals surface area (Å²) in [6, 6.07) is 18.0. The smallest absolute Gasteiger partial charge is 0.217 e. The number of fused-ring (bicyclic) bond motifs is 2. The van der Waals surface area contributed by atoms with Crippen LogP contribution in [0.15, 0.2) is 76.9 Å². The molecular weight excluding hydrogens is 375 g/mol. The Morgan fingerprint density at radius 1 is 0.964 bits per heavy atom. The summed E-state index contributed by atoms with van der Waals surface area (Å²) in [5.74, 6) is -0.361. The summed E-state index contributed by atoms with van der Waals surface area (Å²) in [6.45, 7) is 0. The van der Waals surface area contributed by atoms with E-state index in [1.165, 1.54) is 17.8 Å². The molecule has 3 aromatic heterocycles. The molecule has 0 saturated carbocycles. The molecule has 3 heterocycles. The molecule has 5 rings (SSSR count). The topological polar surface area (TPSA) is 82.0 Å². The Hall–Kier alpha value is -3.52. The van der Waals surface area contributed by atoms with Crippen LogP contribution in [0.1, 0.15) is 0 Å². The Kier molecular flexibility index (Phi) is 3.91. The van der Waals surface area contributed by atoms with E-state index in [0.29, 0.717) is 26.9 Å². The minimum atomic E-state index is -0.361. The molecule has 8 heteroatoms. The molecule has 0 spiro atoms. The van der Waals surface area contributed by atoms with Crippen molar-refractivity contribution >= 4 is 34.0 Å². The summed E-state index contributed by atoms with van der Waals surface area (Å²) >= 11 is 1.17. The molecule has 0 amide bonds. The van der Waals surface area contributed by atoms with Gasteiger partial charge in [-0.2, -0.15) is 9.61 Å². The molecule has 0 atom stereocenters. The van der Waals surface area contributed by atoms with Crippen LogP contribution in [-0.4, -0.2) is 24.8 Å². The van der Waals surface area contributed by atoms with E-state index >= 15 is 0 Å². The van der Waals surface area contributed by atoms with Crippen molar-refractivity contribution in [3.05, 3.63) is 72.7 Å². The molecule has 0 aliphatic rings. The van der Waals surface area contributed by atoms with Gasteiger partial charge >= 0.3 is 0 Å². The molecule has 0 aliphatic carbocycles. The number of anilines is 1. The van der Waals surface area contributed by atoms with Gasteiger partial charge in [0.15, 0.2) is 5.65 Å². The van der Waals surface area contributed by atoms with E-state index in [2.05, 4.69) is 20.3 Å². The number of hydrogen-bond acceptors (Lipinski definition) is 6. The molecule has 28 heavy (non-hydrogen) atoms. The van der Waals surface area contributed by atoms with Crippen molar-refractivity contribution in [1.82, 2.24) is 24.8 Å². The highest BCUT2D eigenvalue weighted by atomic mass is 32.2. The van der Waals surface area contributed by atoms with Gasteiger partial charge in [0.1, 0.15) is 5.82 Å². The van der Waals surface area contributed by atoms with Gasteiger partial charge in [-0.1, -0.05) is 18.2 Å². The van der Waals surface area contributed by atoms with Crippen LogP contribution < -0.4 is 5.73 Å². The Labute approximate surface area is 163 Å². The van der Waals surface area contributed by atoms with E-state index < -0.39 is 0 Å². The van der Waals surface area contributed by atoms with Gasteiger partial charge in [-0.3, -0.25) is 4.98 Å². The van der Waals surface area contributed by atoms with Gasteiger partial charge in [0, 0.05) is 28.9 Å². The number of benzene rings is 2. The summed E-state index contributed by atoms with van der Waals surface area (Å²) in [5, 5.41) is 14.2. The molecule has 0 fully saturated rings. The number of nitrogen functional groups attached to an aromatic ring is 1. The zero-order valence-electron chi connectivity index (χ0n) is 14.5. The van der Waals surface area contributed by atoms with Gasteiger partial charge in [-0.05, 0) is 48.2 Å². The standard InChI is InChI=1S/C20H13FN6S/c21-15-11-17-13(4-2-8-23-17)10-18(15)28-20-25-24-19-7-6-16(26-27(19)20)12-3-1-5-14(22)9-12/h1-11H,22H2. The van der Waals surface area contributed by atoms with Crippen molar-refractivity contribution in [3.63, 3.8) is 0 Å². The summed E-state index contributed by atoms with van der Waals surface area (Å²) < 4.78 is 16.2. The quantitative estimate of drug-likeness (QED) is 0.466. The highest BCUT2D eigenvalue weighted by Gasteiger charge is 2.14. The first-order chi connectivity index (χ1) is 13.7. The second-order valence-corrected chi connectivity index (χ2v) is 7.19. The lowest BCUT2D eigenvalue weighted by molar-refractivity contribution is 0.603. The van der Waals surface area contributed by atoms with E-state index in [-0.39, 0.29) is 5.82 Å².